The molecule has 250 valence electrons. The van der Waals surface area contributed by atoms with Gasteiger partial charge in [-0.15, -0.1) is 0 Å². The first-order valence-corrected chi connectivity index (χ1v) is 18.9. The molecule has 0 radical (unpaired) electrons. The number of aliphatic hydroxyl groups is 2. The summed E-state index contributed by atoms with van der Waals surface area (Å²) in [7, 11) is 0. The Morgan fingerprint density at radius 1 is 0.548 bits per heavy atom. The van der Waals surface area contributed by atoms with Gasteiger partial charge in [0.05, 0.1) is 18.8 Å². The Balaban J connectivity index is 3.54. The molecule has 0 spiro atoms. The normalized spacial score (nSPS) is 13.1. The summed E-state index contributed by atoms with van der Waals surface area (Å²) in [4.78, 5) is 12.3. The second kappa shape index (κ2) is 34.6. The van der Waals surface area contributed by atoms with E-state index >= 15 is 0 Å². The smallest absolute Gasteiger partial charge is 0.220 e. The highest BCUT2D eigenvalue weighted by atomic mass is 16.3. The van der Waals surface area contributed by atoms with E-state index in [-0.39, 0.29) is 12.5 Å². The van der Waals surface area contributed by atoms with E-state index in [1.165, 1.54) is 148 Å². The summed E-state index contributed by atoms with van der Waals surface area (Å²) in [5, 5.41) is 23.0. The van der Waals surface area contributed by atoms with Gasteiger partial charge in [0.1, 0.15) is 0 Å². The molecule has 0 aliphatic heterocycles. The van der Waals surface area contributed by atoms with Gasteiger partial charge in [-0.2, -0.15) is 0 Å². The Labute approximate surface area is 263 Å². The number of aliphatic hydroxyl groups excluding tert-OH is 2. The molecule has 0 rings (SSSR count). The molecule has 0 aliphatic rings. The lowest BCUT2D eigenvalue weighted by atomic mass is 10.0. The van der Waals surface area contributed by atoms with Crippen molar-refractivity contribution in [2.45, 2.75) is 219 Å². The van der Waals surface area contributed by atoms with Crippen molar-refractivity contribution in [2.75, 3.05) is 6.61 Å². The number of nitrogens with one attached hydrogen (secondary N) is 1. The topological polar surface area (TPSA) is 69.6 Å². The summed E-state index contributed by atoms with van der Waals surface area (Å²) < 4.78 is 0. The SMILES string of the molecule is CCCCCCCC/C=C/CCCC[C@@H](O)[C@H](CO)NC(=O)CCCCCCCCCCCCCCCCCCCC. The Morgan fingerprint density at radius 2 is 0.905 bits per heavy atom. The average Bonchev–Trinajstić information content (AvgIpc) is 2.99. The quantitative estimate of drug-likeness (QED) is 0.0513. The van der Waals surface area contributed by atoms with Crippen LogP contribution in [-0.2, 0) is 4.79 Å². The molecule has 0 aromatic heterocycles. The van der Waals surface area contributed by atoms with Crippen molar-refractivity contribution < 1.29 is 15.0 Å². The third kappa shape index (κ3) is 30.6. The molecule has 0 aliphatic carbocycles. The van der Waals surface area contributed by atoms with Gasteiger partial charge in [-0.3, -0.25) is 4.79 Å². The zero-order valence-corrected chi connectivity index (χ0v) is 28.5. The van der Waals surface area contributed by atoms with Crippen LogP contribution >= 0.6 is 0 Å². The molecule has 0 fully saturated rings. The van der Waals surface area contributed by atoms with Crippen LogP contribution in [0.2, 0.25) is 0 Å². The highest BCUT2D eigenvalue weighted by Gasteiger charge is 2.19. The maximum Gasteiger partial charge on any atom is 0.220 e. The molecule has 0 heterocycles. The number of rotatable bonds is 34. The fourth-order valence-electron chi connectivity index (χ4n) is 5.82. The molecule has 2 atom stereocenters. The van der Waals surface area contributed by atoms with Gasteiger partial charge in [0.2, 0.25) is 5.91 Å². The van der Waals surface area contributed by atoms with E-state index < -0.39 is 12.1 Å². The second-order valence-corrected chi connectivity index (χ2v) is 13.0. The number of carbonyl (C=O) groups excluding carboxylic acids is 1. The van der Waals surface area contributed by atoms with Gasteiger partial charge >= 0.3 is 0 Å². The first-order valence-electron chi connectivity index (χ1n) is 18.9. The Morgan fingerprint density at radius 3 is 1.31 bits per heavy atom. The van der Waals surface area contributed by atoms with Crippen molar-refractivity contribution in [2.24, 2.45) is 0 Å². The third-order valence-corrected chi connectivity index (χ3v) is 8.78. The summed E-state index contributed by atoms with van der Waals surface area (Å²) >= 11 is 0. The molecule has 0 unspecified atom stereocenters. The monoisotopic (exact) mass is 594 g/mol. The van der Waals surface area contributed by atoms with Crippen molar-refractivity contribution in [1.29, 1.82) is 0 Å². The van der Waals surface area contributed by atoms with Crippen LogP contribution in [0.5, 0.6) is 0 Å². The summed E-state index contributed by atoms with van der Waals surface area (Å²) in [6.45, 7) is 4.33. The van der Waals surface area contributed by atoms with Crippen LogP contribution in [0.1, 0.15) is 206 Å². The minimum atomic E-state index is -0.675. The van der Waals surface area contributed by atoms with E-state index in [2.05, 4.69) is 31.3 Å². The van der Waals surface area contributed by atoms with Crippen molar-refractivity contribution in [1.82, 2.24) is 5.32 Å². The third-order valence-electron chi connectivity index (χ3n) is 8.78. The van der Waals surface area contributed by atoms with Gasteiger partial charge in [-0.25, -0.2) is 0 Å². The van der Waals surface area contributed by atoms with Gasteiger partial charge in [0.25, 0.3) is 0 Å². The molecule has 0 saturated carbocycles. The van der Waals surface area contributed by atoms with Crippen LogP contribution in [0.15, 0.2) is 12.2 Å². The maximum absolute atomic E-state index is 12.3. The zero-order valence-electron chi connectivity index (χ0n) is 28.5. The van der Waals surface area contributed by atoms with Crippen LogP contribution in [-0.4, -0.2) is 34.9 Å². The van der Waals surface area contributed by atoms with Crippen molar-refractivity contribution in [3.05, 3.63) is 12.2 Å². The second-order valence-electron chi connectivity index (χ2n) is 13.0. The molecule has 4 nitrogen and oxygen atoms in total. The number of unbranched alkanes of at least 4 members (excludes halogenated alkanes) is 25. The predicted octanol–water partition coefficient (Wildman–Crippen LogP) is 11.1. The lowest BCUT2D eigenvalue weighted by Gasteiger charge is -2.22. The van der Waals surface area contributed by atoms with Gasteiger partial charge in [-0.1, -0.05) is 174 Å². The molecule has 1 amide bonds. The van der Waals surface area contributed by atoms with Crippen molar-refractivity contribution in [3.63, 3.8) is 0 Å². The molecular weight excluding hydrogens is 518 g/mol. The molecule has 0 aromatic rings. The molecule has 3 N–H and O–H groups in total. The Bertz CT molecular complexity index is 565. The average molecular weight is 594 g/mol. The maximum atomic E-state index is 12.3. The highest BCUT2D eigenvalue weighted by molar-refractivity contribution is 5.76. The molecule has 0 aromatic carbocycles. The molecular formula is C38H75NO3. The van der Waals surface area contributed by atoms with E-state index in [9.17, 15) is 15.0 Å². The van der Waals surface area contributed by atoms with E-state index in [1.54, 1.807) is 0 Å². The number of carbonyl (C=O) groups is 1. The van der Waals surface area contributed by atoms with Crippen LogP contribution in [0.4, 0.5) is 0 Å². The minimum absolute atomic E-state index is 0.0396. The molecule has 0 bridgehead atoms. The number of allylic oxidation sites excluding steroid dienone is 2. The summed E-state index contributed by atoms with van der Waals surface area (Å²) in [5.74, 6) is -0.0396. The van der Waals surface area contributed by atoms with E-state index in [0.29, 0.717) is 12.8 Å². The lowest BCUT2D eigenvalue weighted by Crippen LogP contribution is -2.45. The summed E-state index contributed by atoms with van der Waals surface area (Å²) in [6, 6.07) is -0.545. The summed E-state index contributed by atoms with van der Waals surface area (Å²) in [6.07, 6.45) is 41.3. The van der Waals surface area contributed by atoms with Crippen LogP contribution < -0.4 is 5.32 Å². The van der Waals surface area contributed by atoms with Gasteiger partial charge in [0.15, 0.2) is 0 Å². The Kier molecular flexibility index (Phi) is 33.9. The number of hydrogen-bond donors (Lipinski definition) is 3. The Hall–Kier alpha value is -0.870. The number of amides is 1. The van der Waals surface area contributed by atoms with Crippen LogP contribution in [0, 0.1) is 0 Å². The van der Waals surface area contributed by atoms with Crippen molar-refractivity contribution >= 4 is 5.91 Å². The van der Waals surface area contributed by atoms with Crippen molar-refractivity contribution in [3.8, 4) is 0 Å². The summed E-state index contributed by atoms with van der Waals surface area (Å²) in [5.41, 5.74) is 0. The molecule has 0 saturated heterocycles. The number of hydrogen-bond acceptors (Lipinski definition) is 3. The standard InChI is InChI=1S/C38H75NO3/c1-3-5-7-9-11-13-15-17-18-19-20-21-22-24-26-28-30-32-34-38(42)39-36(35-40)37(41)33-31-29-27-25-23-16-14-12-10-8-6-4-2/h23,25,36-37,40-41H,3-22,24,26-35H2,1-2H3,(H,39,42)/b25-23+/t36-,37+/m0/s1. The zero-order chi connectivity index (χ0) is 30.8. The van der Waals surface area contributed by atoms with Gasteiger partial charge in [0, 0.05) is 6.42 Å². The molecule has 4 heteroatoms. The minimum Gasteiger partial charge on any atom is -0.394 e. The lowest BCUT2D eigenvalue weighted by molar-refractivity contribution is -0.123. The van der Waals surface area contributed by atoms with Gasteiger partial charge in [-0.05, 0) is 38.5 Å². The first-order chi connectivity index (χ1) is 20.7. The molecule has 42 heavy (non-hydrogen) atoms. The fraction of sp³-hybridized carbons (Fsp3) is 0.921. The van der Waals surface area contributed by atoms with Crippen LogP contribution in [0.25, 0.3) is 0 Å². The largest absolute Gasteiger partial charge is 0.394 e. The van der Waals surface area contributed by atoms with E-state index in [4.69, 9.17) is 0 Å². The fourth-order valence-corrected chi connectivity index (χ4v) is 5.82. The van der Waals surface area contributed by atoms with E-state index in [0.717, 1.165) is 32.1 Å². The first kappa shape index (κ1) is 41.1. The van der Waals surface area contributed by atoms with Gasteiger partial charge < -0.3 is 15.5 Å². The highest BCUT2D eigenvalue weighted by Crippen LogP contribution is 2.15. The van der Waals surface area contributed by atoms with Crippen LogP contribution in [0.3, 0.4) is 0 Å². The van der Waals surface area contributed by atoms with E-state index in [1.807, 2.05) is 0 Å². The predicted molar refractivity (Wildman–Crippen MR) is 184 cm³/mol.